The maximum atomic E-state index is 3.59. The van der Waals surface area contributed by atoms with Crippen LogP contribution in [0.15, 0.2) is 0 Å². The normalized spacial score (nSPS) is 14.4. The van der Waals surface area contributed by atoms with Crippen LogP contribution >= 0.6 is 23.5 Å². The molecule has 1 nitrogen and oxygen atoms in total. The highest BCUT2D eigenvalue weighted by Crippen LogP contribution is 2.23. The summed E-state index contributed by atoms with van der Waals surface area (Å²) >= 11 is 4.10. The van der Waals surface area contributed by atoms with Gasteiger partial charge in [-0.25, -0.2) is 0 Å². The second-order valence-electron chi connectivity index (χ2n) is 5.75. The quantitative estimate of drug-likeness (QED) is 0.667. The fourth-order valence-corrected chi connectivity index (χ4v) is 2.90. The van der Waals surface area contributed by atoms with E-state index in [1.807, 2.05) is 11.8 Å². The van der Waals surface area contributed by atoms with Crippen LogP contribution in [0, 0.1) is 5.92 Å². The Bertz CT molecular complexity index is 164. The Labute approximate surface area is 111 Å². The first-order valence-corrected chi connectivity index (χ1v) is 8.40. The van der Waals surface area contributed by atoms with Gasteiger partial charge in [-0.3, -0.25) is 0 Å². The van der Waals surface area contributed by atoms with E-state index in [4.69, 9.17) is 0 Å². The first-order valence-electron chi connectivity index (χ1n) is 6.26. The Morgan fingerprint density at radius 1 is 1.06 bits per heavy atom. The van der Waals surface area contributed by atoms with E-state index >= 15 is 0 Å². The summed E-state index contributed by atoms with van der Waals surface area (Å²) in [5.74, 6) is 4.55. The van der Waals surface area contributed by atoms with Crippen molar-refractivity contribution in [1.82, 2.24) is 5.32 Å². The summed E-state index contributed by atoms with van der Waals surface area (Å²) in [6.45, 7) is 14.8. The zero-order valence-electron chi connectivity index (χ0n) is 11.8. The van der Waals surface area contributed by atoms with E-state index in [-0.39, 0.29) is 0 Å². The molecule has 0 aliphatic carbocycles. The summed E-state index contributed by atoms with van der Waals surface area (Å²) in [6, 6.07) is 0.629. The van der Waals surface area contributed by atoms with Gasteiger partial charge in [-0.1, -0.05) is 34.6 Å². The molecule has 0 aliphatic heterocycles. The van der Waals surface area contributed by atoms with Crippen molar-refractivity contribution < 1.29 is 0 Å². The minimum Gasteiger partial charge on any atom is -0.313 e. The largest absolute Gasteiger partial charge is 0.313 e. The minimum atomic E-state index is 0.391. The molecular formula is C13H29NS2. The van der Waals surface area contributed by atoms with Crippen LogP contribution in [-0.4, -0.2) is 34.6 Å². The molecule has 0 aromatic carbocycles. The lowest BCUT2D eigenvalue weighted by Crippen LogP contribution is -2.31. The molecule has 1 unspecified atom stereocenters. The lowest BCUT2D eigenvalue weighted by atomic mass is 10.3. The van der Waals surface area contributed by atoms with Gasteiger partial charge in [0.1, 0.15) is 0 Å². The van der Waals surface area contributed by atoms with Gasteiger partial charge in [0.2, 0.25) is 0 Å². The lowest BCUT2D eigenvalue weighted by molar-refractivity contribution is 0.620. The Balaban J connectivity index is 3.34. The van der Waals surface area contributed by atoms with Crippen LogP contribution in [-0.2, 0) is 0 Å². The molecule has 0 bridgehead atoms. The number of rotatable bonds is 8. The summed E-state index contributed by atoms with van der Waals surface area (Å²) in [5, 5.41) is 3.59. The maximum absolute atomic E-state index is 3.59. The number of thioether (sulfide) groups is 2. The molecule has 0 spiro atoms. The molecule has 3 heteroatoms. The van der Waals surface area contributed by atoms with Gasteiger partial charge in [-0.05, 0) is 18.6 Å². The third-order valence-electron chi connectivity index (χ3n) is 1.96. The van der Waals surface area contributed by atoms with Crippen LogP contribution in [0.25, 0.3) is 0 Å². The molecule has 0 heterocycles. The van der Waals surface area contributed by atoms with E-state index in [0.717, 1.165) is 12.5 Å². The second kappa shape index (κ2) is 8.71. The number of hydrogen-bond donors (Lipinski definition) is 1. The van der Waals surface area contributed by atoms with Crippen LogP contribution in [0.5, 0.6) is 0 Å². The highest BCUT2D eigenvalue weighted by molar-refractivity contribution is 8.00. The molecule has 98 valence electrons. The Hall–Kier alpha value is 0.660. The van der Waals surface area contributed by atoms with Crippen LogP contribution in [0.1, 0.15) is 41.5 Å². The fraction of sp³-hybridized carbons (Fsp3) is 1.00. The summed E-state index contributed by atoms with van der Waals surface area (Å²) in [6.07, 6.45) is 0. The van der Waals surface area contributed by atoms with Gasteiger partial charge >= 0.3 is 0 Å². The van der Waals surface area contributed by atoms with Gasteiger partial charge in [-0.15, -0.1) is 0 Å². The molecule has 0 aliphatic rings. The van der Waals surface area contributed by atoms with Crippen LogP contribution in [0.2, 0.25) is 0 Å². The van der Waals surface area contributed by atoms with Crippen LogP contribution in [0.3, 0.4) is 0 Å². The van der Waals surface area contributed by atoms with Crippen molar-refractivity contribution in [3.8, 4) is 0 Å². The van der Waals surface area contributed by atoms with Crippen molar-refractivity contribution in [3.63, 3.8) is 0 Å². The predicted octanol–water partition coefficient (Wildman–Crippen LogP) is 3.89. The van der Waals surface area contributed by atoms with Crippen molar-refractivity contribution in [2.75, 3.05) is 23.8 Å². The smallest absolute Gasteiger partial charge is 0.0130 e. The molecule has 0 saturated heterocycles. The topological polar surface area (TPSA) is 12.0 Å². The fourth-order valence-electron chi connectivity index (χ4n) is 1.13. The molecule has 0 rings (SSSR count). The second-order valence-corrected chi connectivity index (χ2v) is 8.74. The van der Waals surface area contributed by atoms with E-state index in [2.05, 4.69) is 58.6 Å². The van der Waals surface area contributed by atoms with Gasteiger partial charge in [0.05, 0.1) is 0 Å². The third-order valence-corrected chi connectivity index (χ3v) is 4.88. The van der Waals surface area contributed by atoms with Gasteiger partial charge in [-0.2, -0.15) is 23.5 Å². The molecule has 1 N–H and O–H groups in total. The molecule has 0 radical (unpaired) electrons. The average molecular weight is 264 g/mol. The zero-order chi connectivity index (χ0) is 12.6. The molecule has 0 aromatic heterocycles. The monoisotopic (exact) mass is 263 g/mol. The summed E-state index contributed by atoms with van der Waals surface area (Å²) < 4.78 is 0.391. The van der Waals surface area contributed by atoms with Crippen molar-refractivity contribution in [3.05, 3.63) is 0 Å². The van der Waals surface area contributed by atoms with Crippen LogP contribution < -0.4 is 5.32 Å². The van der Waals surface area contributed by atoms with E-state index in [1.165, 1.54) is 17.3 Å². The molecule has 0 saturated carbocycles. The number of hydrogen-bond acceptors (Lipinski definition) is 3. The zero-order valence-corrected chi connectivity index (χ0v) is 13.4. The highest BCUT2D eigenvalue weighted by Gasteiger charge is 2.12. The predicted molar refractivity (Wildman–Crippen MR) is 81.8 cm³/mol. The Kier molecular flexibility index (Phi) is 9.07. The van der Waals surface area contributed by atoms with Crippen molar-refractivity contribution in [1.29, 1.82) is 0 Å². The standard InChI is InChI=1S/C13H29NS2/c1-11(2)9-15-8-7-14-12(3)10-16-13(4,5)6/h11-12,14H,7-10H2,1-6H3. The minimum absolute atomic E-state index is 0.391. The molecular weight excluding hydrogens is 234 g/mol. The van der Waals surface area contributed by atoms with Crippen molar-refractivity contribution in [2.45, 2.75) is 52.3 Å². The first kappa shape index (κ1) is 16.7. The van der Waals surface area contributed by atoms with E-state index in [9.17, 15) is 0 Å². The molecule has 1 atom stereocenters. The Morgan fingerprint density at radius 3 is 2.19 bits per heavy atom. The molecule has 0 aromatic rings. The average Bonchev–Trinajstić information content (AvgIpc) is 2.12. The molecule has 0 fully saturated rings. The highest BCUT2D eigenvalue weighted by atomic mass is 32.2. The van der Waals surface area contributed by atoms with Gasteiger partial charge in [0, 0.05) is 28.8 Å². The summed E-state index contributed by atoms with van der Waals surface area (Å²) in [7, 11) is 0. The SMILES string of the molecule is CC(C)CSCCNC(C)CSC(C)(C)C. The van der Waals surface area contributed by atoms with E-state index in [1.54, 1.807) is 0 Å². The van der Waals surface area contributed by atoms with Gasteiger partial charge < -0.3 is 5.32 Å². The number of nitrogens with one attached hydrogen (secondary N) is 1. The maximum Gasteiger partial charge on any atom is 0.0130 e. The third kappa shape index (κ3) is 12.7. The Morgan fingerprint density at radius 2 is 1.69 bits per heavy atom. The van der Waals surface area contributed by atoms with Gasteiger partial charge in [0.15, 0.2) is 0 Å². The van der Waals surface area contributed by atoms with E-state index in [0.29, 0.717) is 10.8 Å². The van der Waals surface area contributed by atoms with Gasteiger partial charge in [0.25, 0.3) is 0 Å². The summed E-state index contributed by atoms with van der Waals surface area (Å²) in [5.41, 5.74) is 0. The van der Waals surface area contributed by atoms with Crippen molar-refractivity contribution >= 4 is 23.5 Å². The van der Waals surface area contributed by atoms with Crippen LogP contribution in [0.4, 0.5) is 0 Å². The molecule has 16 heavy (non-hydrogen) atoms. The lowest BCUT2D eigenvalue weighted by Gasteiger charge is -2.21. The van der Waals surface area contributed by atoms with E-state index < -0.39 is 0 Å². The van der Waals surface area contributed by atoms with Crippen molar-refractivity contribution in [2.24, 2.45) is 5.92 Å². The molecule has 0 amide bonds. The summed E-state index contributed by atoms with van der Waals surface area (Å²) in [4.78, 5) is 0. The first-order chi connectivity index (χ1) is 7.31.